The average molecular weight is 474 g/mol. The van der Waals surface area contributed by atoms with Gasteiger partial charge in [0, 0.05) is 48.7 Å². The number of rotatable bonds is 3. The summed E-state index contributed by atoms with van der Waals surface area (Å²) in [5.74, 6) is -0.0708. The van der Waals surface area contributed by atoms with Crippen LogP contribution in [0.25, 0.3) is 32.2 Å². The van der Waals surface area contributed by atoms with E-state index in [0.29, 0.717) is 53.7 Å². The summed E-state index contributed by atoms with van der Waals surface area (Å²) in [5.41, 5.74) is 13.5. The summed E-state index contributed by atoms with van der Waals surface area (Å²) < 4.78 is 29.8. The molecule has 2 aliphatic rings. The molecule has 2 aliphatic heterocycles. The first-order valence-corrected chi connectivity index (χ1v) is 11.3. The van der Waals surface area contributed by atoms with E-state index < -0.39 is 12.0 Å². The lowest BCUT2D eigenvalue weighted by Crippen LogP contribution is -2.66. The van der Waals surface area contributed by atoms with Crippen LogP contribution in [0.1, 0.15) is 0 Å². The van der Waals surface area contributed by atoms with E-state index in [2.05, 4.69) is 19.9 Å². The Hall–Kier alpha value is -2.82. The van der Waals surface area contributed by atoms with E-state index in [9.17, 15) is 4.39 Å². The maximum atomic E-state index is 15.9. The minimum atomic E-state index is -0.744. The minimum absolute atomic E-state index is 0.100. The van der Waals surface area contributed by atoms with Crippen molar-refractivity contribution in [3.63, 3.8) is 0 Å². The fraction of sp³-hybridized carbons (Fsp3) is 0.286. The molecular weight excluding hydrogens is 456 g/mol. The Bertz CT molecular complexity index is 1380. The molecule has 0 aliphatic carbocycles. The van der Waals surface area contributed by atoms with E-state index in [1.165, 1.54) is 11.3 Å². The van der Waals surface area contributed by atoms with Gasteiger partial charge in [0.15, 0.2) is 10.9 Å². The number of nitrogens with zero attached hydrogens (tertiary/aromatic N) is 5. The number of para-hydroxylation sites is 1. The quantitative estimate of drug-likeness (QED) is 0.468. The van der Waals surface area contributed by atoms with Crippen molar-refractivity contribution in [3.05, 3.63) is 35.1 Å². The highest BCUT2D eigenvalue weighted by Crippen LogP contribution is 2.41. The summed E-state index contributed by atoms with van der Waals surface area (Å²) in [6.45, 7) is 2.22. The molecule has 2 aromatic carbocycles. The van der Waals surface area contributed by atoms with Gasteiger partial charge in [-0.2, -0.15) is 4.98 Å². The fourth-order valence-corrected chi connectivity index (χ4v) is 5.42. The van der Waals surface area contributed by atoms with E-state index >= 15 is 4.39 Å². The van der Waals surface area contributed by atoms with E-state index in [1.807, 2.05) is 17.0 Å². The van der Waals surface area contributed by atoms with Crippen LogP contribution in [0.5, 0.6) is 0 Å². The number of thiazole rings is 1. The zero-order valence-electron chi connectivity index (χ0n) is 16.7. The second kappa shape index (κ2) is 7.09. The third-order valence-corrected chi connectivity index (χ3v) is 7.28. The second-order valence-corrected chi connectivity index (χ2v) is 9.64. The molecule has 0 amide bonds. The molecular formula is C21H18ClF2N7S. The van der Waals surface area contributed by atoms with Crippen molar-refractivity contribution in [2.45, 2.75) is 12.2 Å². The SMILES string of the molecule is Nc1nc2c(-c3c(Cl)cc4c(N)nc(N5CC(N6CC(F)C6)C5)nc4c3F)cccc2s1. The predicted molar refractivity (Wildman–Crippen MR) is 124 cm³/mol. The number of nitrogens with two attached hydrogens (primary N) is 2. The van der Waals surface area contributed by atoms with Gasteiger partial charge in [0.1, 0.15) is 17.5 Å². The standard InChI is InChI=1S/C21H18ClF2N7S/c22-13-4-12-18(16(24)15(13)11-2-1-3-14-17(11)27-20(26)32-14)28-21(29-19(12)25)31-7-10(8-31)30-5-9(23)6-30/h1-4,9-10H,5-8H2,(H2,26,27)(H2,25,28,29). The van der Waals surface area contributed by atoms with Crippen molar-refractivity contribution in [1.82, 2.24) is 19.9 Å². The number of alkyl halides is 1. The molecule has 6 rings (SSSR count). The Kier molecular flexibility index (Phi) is 4.40. The van der Waals surface area contributed by atoms with Gasteiger partial charge in [0.05, 0.1) is 15.2 Å². The van der Waals surface area contributed by atoms with Gasteiger partial charge in [0.2, 0.25) is 5.95 Å². The smallest absolute Gasteiger partial charge is 0.228 e. The summed E-state index contributed by atoms with van der Waals surface area (Å²) in [6, 6.07) is 7.28. The van der Waals surface area contributed by atoms with Gasteiger partial charge in [-0.25, -0.2) is 18.7 Å². The van der Waals surface area contributed by atoms with E-state index in [4.69, 9.17) is 23.1 Å². The molecule has 0 unspecified atom stereocenters. The van der Waals surface area contributed by atoms with Crippen molar-refractivity contribution in [3.8, 4) is 11.1 Å². The first-order chi connectivity index (χ1) is 15.4. The predicted octanol–water partition coefficient (Wildman–Crippen LogP) is 3.71. The molecule has 4 aromatic rings. The van der Waals surface area contributed by atoms with Crippen LogP contribution in [0, 0.1) is 5.82 Å². The topological polar surface area (TPSA) is 97.2 Å². The molecule has 7 nitrogen and oxygen atoms in total. The largest absolute Gasteiger partial charge is 0.383 e. The molecule has 0 bridgehead atoms. The molecule has 2 aromatic heterocycles. The lowest BCUT2D eigenvalue weighted by atomic mass is 10.0. The van der Waals surface area contributed by atoms with Gasteiger partial charge < -0.3 is 16.4 Å². The van der Waals surface area contributed by atoms with E-state index in [-0.39, 0.29) is 28.0 Å². The third-order valence-electron chi connectivity index (χ3n) is 6.13. The van der Waals surface area contributed by atoms with Crippen LogP contribution in [0.2, 0.25) is 5.02 Å². The van der Waals surface area contributed by atoms with Crippen LogP contribution in [0.3, 0.4) is 0 Å². The van der Waals surface area contributed by atoms with Crippen molar-refractivity contribution >= 4 is 61.0 Å². The van der Waals surface area contributed by atoms with Gasteiger partial charge >= 0.3 is 0 Å². The monoisotopic (exact) mass is 473 g/mol. The minimum Gasteiger partial charge on any atom is -0.383 e. The van der Waals surface area contributed by atoms with Gasteiger partial charge in [-0.1, -0.05) is 35.1 Å². The summed E-state index contributed by atoms with van der Waals surface area (Å²) >= 11 is 7.82. The van der Waals surface area contributed by atoms with E-state index in [1.54, 1.807) is 12.1 Å². The zero-order valence-corrected chi connectivity index (χ0v) is 18.3. The fourth-order valence-electron chi connectivity index (χ4n) is 4.37. The Morgan fingerprint density at radius 1 is 1.06 bits per heavy atom. The molecule has 2 fully saturated rings. The number of fused-ring (bicyclic) bond motifs is 2. The molecule has 2 saturated heterocycles. The number of likely N-dealkylation sites (tertiary alicyclic amines) is 1. The van der Waals surface area contributed by atoms with Crippen LogP contribution < -0.4 is 16.4 Å². The average Bonchev–Trinajstić information content (AvgIpc) is 3.07. The summed E-state index contributed by atoms with van der Waals surface area (Å²) in [7, 11) is 0. The number of aromatic nitrogens is 3. The highest BCUT2D eigenvalue weighted by Gasteiger charge is 2.40. The third kappa shape index (κ3) is 2.97. The molecule has 4 heterocycles. The molecule has 0 spiro atoms. The van der Waals surface area contributed by atoms with Crippen LogP contribution >= 0.6 is 22.9 Å². The molecule has 0 atom stereocenters. The second-order valence-electron chi connectivity index (χ2n) is 8.17. The molecule has 164 valence electrons. The number of hydrogen-bond acceptors (Lipinski definition) is 8. The number of anilines is 3. The van der Waals surface area contributed by atoms with Crippen LogP contribution in [0.15, 0.2) is 24.3 Å². The molecule has 0 radical (unpaired) electrons. The Balaban J connectivity index is 1.43. The van der Waals surface area contributed by atoms with Crippen LogP contribution in [0.4, 0.5) is 25.7 Å². The maximum Gasteiger partial charge on any atom is 0.228 e. The highest BCUT2D eigenvalue weighted by atomic mass is 35.5. The number of halogens is 3. The molecule has 32 heavy (non-hydrogen) atoms. The van der Waals surface area contributed by atoms with Crippen molar-refractivity contribution in [2.24, 2.45) is 0 Å². The first-order valence-electron chi connectivity index (χ1n) is 10.1. The maximum absolute atomic E-state index is 15.9. The number of nitrogen functional groups attached to an aromatic ring is 2. The van der Waals surface area contributed by atoms with Crippen molar-refractivity contribution in [1.29, 1.82) is 0 Å². The van der Waals surface area contributed by atoms with E-state index in [0.717, 1.165) is 4.70 Å². The Labute approximate surface area is 190 Å². The summed E-state index contributed by atoms with van der Waals surface area (Å²) in [6.07, 6.45) is -0.744. The Morgan fingerprint density at radius 3 is 2.59 bits per heavy atom. The number of benzene rings is 2. The van der Waals surface area contributed by atoms with Gasteiger partial charge in [0.25, 0.3) is 0 Å². The van der Waals surface area contributed by atoms with Gasteiger partial charge in [-0.15, -0.1) is 0 Å². The lowest BCUT2D eigenvalue weighted by molar-refractivity contribution is 0.0169. The van der Waals surface area contributed by atoms with Gasteiger partial charge in [-0.3, -0.25) is 4.90 Å². The zero-order chi connectivity index (χ0) is 22.1. The number of hydrogen-bond donors (Lipinski definition) is 2. The lowest BCUT2D eigenvalue weighted by Gasteiger charge is -2.49. The van der Waals surface area contributed by atoms with Crippen molar-refractivity contribution < 1.29 is 8.78 Å². The molecule has 11 heteroatoms. The Morgan fingerprint density at radius 2 is 1.84 bits per heavy atom. The highest BCUT2D eigenvalue weighted by molar-refractivity contribution is 7.22. The summed E-state index contributed by atoms with van der Waals surface area (Å²) in [4.78, 5) is 17.2. The molecule has 0 saturated carbocycles. The van der Waals surface area contributed by atoms with Crippen LogP contribution in [-0.4, -0.2) is 58.2 Å². The van der Waals surface area contributed by atoms with Crippen LogP contribution in [-0.2, 0) is 0 Å². The van der Waals surface area contributed by atoms with Crippen molar-refractivity contribution in [2.75, 3.05) is 42.5 Å². The van der Waals surface area contributed by atoms with Gasteiger partial charge in [-0.05, 0) is 12.1 Å². The normalized spacial score (nSPS) is 17.8. The summed E-state index contributed by atoms with van der Waals surface area (Å²) in [5, 5.41) is 0.942. The first kappa shape index (κ1) is 19.8. The molecule has 4 N–H and O–H groups in total.